The van der Waals surface area contributed by atoms with Gasteiger partial charge in [0.2, 0.25) is 0 Å². The van der Waals surface area contributed by atoms with E-state index in [9.17, 15) is 0 Å². The third-order valence-corrected chi connectivity index (χ3v) is 5.05. The van der Waals surface area contributed by atoms with E-state index in [1.54, 1.807) is 11.3 Å². The van der Waals surface area contributed by atoms with Crippen LogP contribution >= 0.6 is 50.5 Å². The van der Waals surface area contributed by atoms with Crippen molar-refractivity contribution in [2.45, 2.75) is 19.5 Å². The van der Waals surface area contributed by atoms with Crippen molar-refractivity contribution >= 4 is 50.5 Å². The van der Waals surface area contributed by atoms with E-state index in [1.165, 1.54) is 4.88 Å². The lowest BCUT2D eigenvalue weighted by atomic mass is 10.2. The second kappa shape index (κ2) is 6.40. The zero-order valence-corrected chi connectivity index (χ0v) is 13.6. The first-order chi connectivity index (χ1) is 8.56. The molecular weight excluding hydrogens is 353 g/mol. The number of benzene rings is 1. The van der Waals surface area contributed by atoms with Crippen LogP contribution in [0.4, 0.5) is 0 Å². The van der Waals surface area contributed by atoms with Crippen LogP contribution in [0.5, 0.6) is 0 Å². The molecule has 0 aliphatic rings. The standard InChI is InChI=1S/C13H12BrCl2NS/c1-8(12-4-5-13(16)18-12)17-7-9-6-10(15)2-3-11(9)14/h2-6,8,17H,7H2,1H3. The highest BCUT2D eigenvalue weighted by molar-refractivity contribution is 9.10. The quantitative estimate of drug-likeness (QED) is 0.737. The fourth-order valence-electron chi connectivity index (χ4n) is 1.60. The Hall–Kier alpha value is -0.0600. The highest BCUT2D eigenvalue weighted by Gasteiger charge is 2.09. The van der Waals surface area contributed by atoms with Gasteiger partial charge in [-0.15, -0.1) is 11.3 Å². The Balaban J connectivity index is 2.01. The van der Waals surface area contributed by atoms with Crippen LogP contribution in [-0.2, 0) is 6.54 Å². The molecule has 1 atom stereocenters. The maximum absolute atomic E-state index is 5.99. The molecule has 1 heterocycles. The highest BCUT2D eigenvalue weighted by Crippen LogP contribution is 2.27. The maximum Gasteiger partial charge on any atom is 0.0931 e. The molecule has 2 rings (SSSR count). The molecule has 1 unspecified atom stereocenters. The fourth-order valence-corrected chi connectivity index (χ4v) is 3.27. The second-order valence-electron chi connectivity index (χ2n) is 3.98. The second-order valence-corrected chi connectivity index (χ2v) is 7.02. The van der Waals surface area contributed by atoms with Crippen LogP contribution in [0, 0.1) is 0 Å². The van der Waals surface area contributed by atoms with Crippen molar-refractivity contribution in [3.63, 3.8) is 0 Å². The number of nitrogens with one attached hydrogen (secondary N) is 1. The Labute approximate surface area is 129 Å². The zero-order chi connectivity index (χ0) is 13.1. The minimum absolute atomic E-state index is 0.272. The number of hydrogen-bond donors (Lipinski definition) is 1. The van der Waals surface area contributed by atoms with Crippen LogP contribution in [-0.4, -0.2) is 0 Å². The van der Waals surface area contributed by atoms with Crippen LogP contribution in [0.15, 0.2) is 34.8 Å². The van der Waals surface area contributed by atoms with E-state index in [0.29, 0.717) is 0 Å². The summed E-state index contributed by atoms with van der Waals surface area (Å²) in [6.45, 7) is 2.89. The predicted octanol–water partition coefficient (Wildman–Crippen LogP) is 5.67. The van der Waals surface area contributed by atoms with Crippen molar-refractivity contribution < 1.29 is 0 Å². The number of rotatable bonds is 4. The van der Waals surface area contributed by atoms with Gasteiger partial charge in [0.05, 0.1) is 4.34 Å². The van der Waals surface area contributed by atoms with Gasteiger partial charge in [0.1, 0.15) is 0 Å². The first-order valence-corrected chi connectivity index (χ1v) is 7.85. The molecule has 0 fully saturated rings. The van der Waals surface area contributed by atoms with Crippen molar-refractivity contribution in [1.82, 2.24) is 5.32 Å². The van der Waals surface area contributed by atoms with Crippen molar-refractivity contribution in [2.24, 2.45) is 0 Å². The van der Waals surface area contributed by atoms with E-state index in [2.05, 4.69) is 34.2 Å². The summed E-state index contributed by atoms with van der Waals surface area (Å²) in [5, 5.41) is 4.21. The molecule has 0 amide bonds. The van der Waals surface area contributed by atoms with E-state index in [-0.39, 0.29) is 6.04 Å². The summed E-state index contributed by atoms with van der Waals surface area (Å²) in [5.41, 5.74) is 1.15. The van der Waals surface area contributed by atoms with E-state index in [0.717, 1.165) is 25.9 Å². The molecule has 0 spiro atoms. The third-order valence-electron chi connectivity index (χ3n) is 2.63. The van der Waals surface area contributed by atoms with Gasteiger partial charge in [-0.2, -0.15) is 0 Å². The summed E-state index contributed by atoms with van der Waals surface area (Å²) >= 11 is 17.0. The molecule has 1 nitrogen and oxygen atoms in total. The molecule has 0 radical (unpaired) electrons. The van der Waals surface area contributed by atoms with E-state index in [1.807, 2.05) is 24.3 Å². The Kier molecular flexibility index (Phi) is 5.10. The summed E-state index contributed by atoms with van der Waals surface area (Å²) in [7, 11) is 0. The van der Waals surface area contributed by atoms with Crippen LogP contribution in [0.25, 0.3) is 0 Å². The summed E-state index contributed by atoms with van der Waals surface area (Å²) in [6, 6.07) is 10.1. The van der Waals surface area contributed by atoms with Crippen LogP contribution in [0.3, 0.4) is 0 Å². The van der Waals surface area contributed by atoms with Crippen molar-refractivity contribution in [1.29, 1.82) is 0 Å². The monoisotopic (exact) mass is 363 g/mol. The lowest BCUT2D eigenvalue weighted by molar-refractivity contribution is 0.582. The lowest BCUT2D eigenvalue weighted by Crippen LogP contribution is -2.17. The minimum atomic E-state index is 0.272. The normalized spacial score (nSPS) is 12.7. The molecule has 2 aromatic rings. The molecule has 18 heavy (non-hydrogen) atoms. The smallest absolute Gasteiger partial charge is 0.0931 e. The largest absolute Gasteiger partial charge is 0.305 e. The average Bonchev–Trinajstić information content (AvgIpc) is 2.77. The molecule has 5 heteroatoms. The maximum atomic E-state index is 5.99. The Morgan fingerprint density at radius 1 is 1.28 bits per heavy atom. The zero-order valence-electron chi connectivity index (χ0n) is 9.71. The fraction of sp³-hybridized carbons (Fsp3) is 0.231. The molecule has 0 aliphatic carbocycles. The van der Waals surface area contributed by atoms with Gasteiger partial charge in [-0.1, -0.05) is 39.1 Å². The summed E-state index contributed by atoms with van der Waals surface area (Å²) < 4.78 is 1.89. The minimum Gasteiger partial charge on any atom is -0.305 e. The van der Waals surface area contributed by atoms with Crippen LogP contribution in [0.1, 0.15) is 23.4 Å². The average molecular weight is 365 g/mol. The van der Waals surface area contributed by atoms with Crippen molar-refractivity contribution in [3.05, 3.63) is 54.6 Å². The SMILES string of the molecule is CC(NCc1cc(Cl)ccc1Br)c1ccc(Cl)s1. The van der Waals surface area contributed by atoms with Gasteiger partial charge in [-0.05, 0) is 42.8 Å². The van der Waals surface area contributed by atoms with Gasteiger partial charge in [0, 0.05) is 27.0 Å². The molecule has 0 saturated heterocycles. The number of halogens is 3. The van der Waals surface area contributed by atoms with Gasteiger partial charge >= 0.3 is 0 Å². The molecule has 1 aromatic carbocycles. The summed E-state index contributed by atoms with van der Waals surface area (Å²) in [5.74, 6) is 0. The topological polar surface area (TPSA) is 12.0 Å². The predicted molar refractivity (Wildman–Crippen MR) is 83.7 cm³/mol. The lowest BCUT2D eigenvalue weighted by Gasteiger charge is -2.13. The van der Waals surface area contributed by atoms with E-state index in [4.69, 9.17) is 23.2 Å². The van der Waals surface area contributed by atoms with Crippen molar-refractivity contribution in [2.75, 3.05) is 0 Å². The first-order valence-electron chi connectivity index (χ1n) is 5.49. The van der Waals surface area contributed by atoms with E-state index >= 15 is 0 Å². The molecule has 0 bridgehead atoms. The Morgan fingerprint density at radius 2 is 2.06 bits per heavy atom. The molecule has 1 aromatic heterocycles. The first kappa shape index (κ1) is 14.4. The van der Waals surface area contributed by atoms with Crippen LogP contribution in [0.2, 0.25) is 9.36 Å². The third kappa shape index (κ3) is 3.72. The van der Waals surface area contributed by atoms with Gasteiger partial charge in [-0.3, -0.25) is 0 Å². The van der Waals surface area contributed by atoms with E-state index < -0.39 is 0 Å². The Morgan fingerprint density at radius 3 is 2.72 bits per heavy atom. The van der Waals surface area contributed by atoms with Gasteiger partial charge < -0.3 is 5.32 Å². The molecular formula is C13H12BrCl2NS. The summed E-state index contributed by atoms with van der Waals surface area (Å²) in [6.07, 6.45) is 0. The number of thiophene rings is 1. The van der Waals surface area contributed by atoms with Crippen molar-refractivity contribution in [3.8, 4) is 0 Å². The highest BCUT2D eigenvalue weighted by atomic mass is 79.9. The Bertz CT molecular complexity index is 542. The summed E-state index contributed by atoms with van der Waals surface area (Å²) in [4.78, 5) is 1.23. The molecule has 0 aliphatic heterocycles. The molecule has 96 valence electrons. The molecule has 1 N–H and O–H groups in total. The number of hydrogen-bond acceptors (Lipinski definition) is 2. The molecule has 0 saturated carbocycles. The van der Waals surface area contributed by atoms with Gasteiger partial charge in [-0.25, -0.2) is 0 Å². The van der Waals surface area contributed by atoms with Crippen LogP contribution < -0.4 is 5.32 Å². The van der Waals surface area contributed by atoms with Gasteiger partial charge in [0.25, 0.3) is 0 Å². The van der Waals surface area contributed by atoms with Gasteiger partial charge in [0.15, 0.2) is 0 Å².